The normalized spacial score (nSPS) is 12.0. The zero-order chi connectivity index (χ0) is 17.1. The zero-order valence-corrected chi connectivity index (χ0v) is 14.5. The number of hydrogen-bond donors (Lipinski definition) is 2. The van der Waals surface area contributed by atoms with Crippen molar-refractivity contribution in [3.8, 4) is 0 Å². The van der Waals surface area contributed by atoms with Gasteiger partial charge in [0, 0.05) is 15.7 Å². The summed E-state index contributed by atoms with van der Waals surface area (Å²) in [5, 5.41) is 10.6. The van der Waals surface area contributed by atoms with Crippen LogP contribution in [0.2, 0.25) is 10.0 Å². The Hall–Kier alpha value is -1.77. The maximum Gasteiger partial charge on any atom is 0.294 e. The maximum absolute atomic E-state index is 12.2. The third-order valence-corrected chi connectivity index (χ3v) is 4.29. The molecule has 1 heterocycles. The molecule has 1 aromatic carbocycles. The molecule has 0 spiro atoms. The summed E-state index contributed by atoms with van der Waals surface area (Å²) < 4.78 is 0.868. The molecule has 122 valence electrons. The van der Waals surface area contributed by atoms with Gasteiger partial charge in [0.05, 0.1) is 5.25 Å². The molecule has 1 aromatic heterocycles. The lowest BCUT2D eigenvalue weighted by molar-refractivity contribution is -0.115. The third kappa shape index (κ3) is 4.37. The summed E-state index contributed by atoms with van der Waals surface area (Å²) in [6.07, 6.45) is 0. The summed E-state index contributed by atoms with van der Waals surface area (Å²) in [5.74, 6) is 5.32. The van der Waals surface area contributed by atoms with Crippen molar-refractivity contribution in [3.05, 3.63) is 44.3 Å². The van der Waals surface area contributed by atoms with Crippen molar-refractivity contribution in [1.29, 1.82) is 0 Å². The fraction of sp³-hybridized carbons (Fsp3) is 0.231. The van der Waals surface area contributed by atoms with Gasteiger partial charge in [-0.15, -0.1) is 10.2 Å². The Labute approximate surface area is 146 Å². The monoisotopic (exact) mass is 373 g/mol. The molecule has 0 unspecified atom stereocenters. The van der Waals surface area contributed by atoms with Crippen molar-refractivity contribution in [3.63, 3.8) is 0 Å². The number of thioether (sulfide) groups is 1. The highest BCUT2D eigenvalue weighted by Gasteiger charge is 2.19. The number of nitrogen functional groups attached to an aromatic ring is 1. The molecule has 0 radical (unpaired) electrons. The highest BCUT2D eigenvalue weighted by Crippen LogP contribution is 2.24. The van der Waals surface area contributed by atoms with Gasteiger partial charge in [-0.1, -0.05) is 35.0 Å². The van der Waals surface area contributed by atoms with Crippen molar-refractivity contribution in [1.82, 2.24) is 14.9 Å². The summed E-state index contributed by atoms with van der Waals surface area (Å²) in [6.45, 7) is 3.16. The Morgan fingerprint density at radius 2 is 1.91 bits per heavy atom. The van der Waals surface area contributed by atoms with Crippen LogP contribution in [0.25, 0.3) is 0 Å². The van der Waals surface area contributed by atoms with Crippen LogP contribution in [0.3, 0.4) is 0 Å². The van der Waals surface area contributed by atoms with Crippen LogP contribution in [0.1, 0.15) is 12.6 Å². The van der Waals surface area contributed by atoms with E-state index in [1.54, 1.807) is 25.1 Å². The average molecular weight is 374 g/mol. The van der Waals surface area contributed by atoms with E-state index in [2.05, 4.69) is 15.5 Å². The molecule has 1 amide bonds. The Morgan fingerprint density at radius 1 is 1.30 bits per heavy atom. The fourth-order valence-electron chi connectivity index (χ4n) is 1.63. The van der Waals surface area contributed by atoms with Crippen LogP contribution in [0, 0.1) is 6.92 Å². The molecule has 0 fully saturated rings. The average Bonchev–Trinajstić information content (AvgIpc) is 2.46. The standard InChI is InChI=1S/C13H13Cl2N5O2S/c1-6-12(22)20(16)13(19-18-6)23-7(2)11(21)17-10-4-8(14)3-9(15)5-10/h3-5,7H,16H2,1-2H3,(H,17,21)/t7-/m0/s1. The number of nitrogens with one attached hydrogen (secondary N) is 1. The molecule has 10 heteroatoms. The van der Waals surface area contributed by atoms with Gasteiger partial charge < -0.3 is 11.2 Å². The van der Waals surface area contributed by atoms with Crippen molar-refractivity contribution in [2.24, 2.45) is 0 Å². The number of aromatic nitrogens is 3. The quantitative estimate of drug-likeness (QED) is 0.628. The zero-order valence-electron chi connectivity index (χ0n) is 12.2. The molecule has 0 aliphatic carbocycles. The van der Waals surface area contributed by atoms with Gasteiger partial charge in [0.1, 0.15) is 5.69 Å². The van der Waals surface area contributed by atoms with E-state index in [4.69, 9.17) is 29.0 Å². The van der Waals surface area contributed by atoms with E-state index in [1.807, 2.05) is 0 Å². The second-order valence-corrected chi connectivity index (χ2v) is 6.83. The Balaban J connectivity index is 2.11. The van der Waals surface area contributed by atoms with E-state index in [0.717, 1.165) is 16.4 Å². The van der Waals surface area contributed by atoms with Crippen LogP contribution in [0.15, 0.2) is 28.2 Å². The number of rotatable bonds is 4. The van der Waals surface area contributed by atoms with Gasteiger partial charge in [0.2, 0.25) is 11.1 Å². The summed E-state index contributed by atoms with van der Waals surface area (Å²) in [6, 6.07) is 4.71. The Morgan fingerprint density at radius 3 is 2.52 bits per heavy atom. The summed E-state index contributed by atoms with van der Waals surface area (Å²) >= 11 is 12.8. The summed E-state index contributed by atoms with van der Waals surface area (Å²) in [4.78, 5) is 23.9. The molecule has 0 saturated heterocycles. The minimum Gasteiger partial charge on any atom is -0.334 e. The molecular weight excluding hydrogens is 361 g/mol. The van der Waals surface area contributed by atoms with Crippen molar-refractivity contribution < 1.29 is 4.79 Å². The van der Waals surface area contributed by atoms with Gasteiger partial charge in [-0.25, -0.2) is 0 Å². The van der Waals surface area contributed by atoms with Crippen LogP contribution >= 0.6 is 35.0 Å². The van der Waals surface area contributed by atoms with Crippen LogP contribution in [0.4, 0.5) is 5.69 Å². The highest BCUT2D eigenvalue weighted by atomic mass is 35.5. The number of nitrogens with zero attached hydrogens (tertiary/aromatic N) is 3. The molecule has 3 N–H and O–H groups in total. The largest absolute Gasteiger partial charge is 0.334 e. The van der Waals surface area contributed by atoms with Crippen LogP contribution in [-0.2, 0) is 4.79 Å². The van der Waals surface area contributed by atoms with Gasteiger partial charge >= 0.3 is 0 Å². The molecule has 2 rings (SSSR count). The van der Waals surface area contributed by atoms with E-state index in [1.165, 1.54) is 6.92 Å². The third-order valence-electron chi connectivity index (χ3n) is 2.80. The second kappa shape index (κ2) is 7.20. The number of hydrogen-bond acceptors (Lipinski definition) is 6. The molecule has 0 bridgehead atoms. The predicted molar refractivity (Wildman–Crippen MR) is 91.6 cm³/mol. The lowest BCUT2D eigenvalue weighted by Crippen LogP contribution is -2.33. The minimum atomic E-state index is -0.570. The molecule has 2 aromatic rings. The number of carbonyl (C=O) groups is 1. The number of carbonyl (C=O) groups excluding carboxylic acids is 1. The van der Waals surface area contributed by atoms with Gasteiger partial charge in [-0.3, -0.25) is 9.59 Å². The van der Waals surface area contributed by atoms with Gasteiger partial charge in [0.25, 0.3) is 5.56 Å². The van der Waals surface area contributed by atoms with Crippen LogP contribution < -0.4 is 16.7 Å². The summed E-state index contributed by atoms with van der Waals surface area (Å²) in [7, 11) is 0. The molecule has 0 aliphatic heterocycles. The molecule has 7 nitrogen and oxygen atoms in total. The van der Waals surface area contributed by atoms with E-state index in [-0.39, 0.29) is 16.8 Å². The van der Waals surface area contributed by atoms with Crippen molar-refractivity contribution in [2.45, 2.75) is 24.3 Å². The first-order valence-electron chi connectivity index (χ1n) is 6.43. The lowest BCUT2D eigenvalue weighted by atomic mass is 10.3. The number of nitrogens with two attached hydrogens (primary N) is 1. The topological polar surface area (TPSA) is 103 Å². The smallest absolute Gasteiger partial charge is 0.294 e. The number of aryl methyl sites for hydroxylation is 1. The Bertz CT molecular complexity index is 791. The van der Waals surface area contributed by atoms with Gasteiger partial charge in [0.15, 0.2) is 0 Å². The van der Waals surface area contributed by atoms with Crippen molar-refractivity contribution in [2.75, 3.05) is 11.2 Å². The summed E-state index contributed by atoms with van der Waals surface area (Å²) in [5.41, 5.74) is 0.194. The van der Waals surface area contributed by atoms with Crippen molar-refractivity contribution >= 4 is 46.6 Å². The molecule has 1 atom stereocenters. The maximum atomic E-state index is 12.2. The molecule has 0 aliphatic rings. The predicted octanol–water partition coefficient (Wildman–Crippen LogP) is 2.09. The van der Waals surface area contributed by atoms with E-state index in [0.29, 0.717) is 15.7 Å². The Kier molecular flexibility index (Phi) is 5.51. The minimum absolute atomic E-state index is 0.146. The molecular formula is C13H13Cl2N5O2S. The van der Waals surface area contributed by atoms with E-state index >= 15 is 0 Å². The number of amides is 1. The number of halogens is 2. The van der Waals surface area contributed by atoms with Gasteiger partial charge in [-0.2, -0.15) is 4.68 Å². The van der Waals surface area contributed by atoms with Gasteiger partial charge in [-0.05, 0) is 32.0 Å². The first-order chi connectivity index (χ1) is 10.8. The van der Waals surface area contributed by atoms with Crippen LogP contribution in [-0.4, -0.2) is 26.0 Å². The highest BCUT2D eigenvalue weighted by molar-refractivity contribution is 8.00. The van der Waals surface area contributed by atoms with E-state index in [9.17, 15) is 9.59 Å². The number of anilines is 1. The molecule has 23 heavy (non-hydrogen) atoms. The lowest BCUT2D eigenvalue weighted by Gasteiger charge is -2.13. The second-order valence-electron chi connectivity index (χ2n) is 4.65. The van der Waals surface area contributed by atoms with Crippen LogP contribution in [0.5, 0.6) is 0 Å². The first-order valence-corrected chi connectivity index (χ1v) is 8.06. The first kappa shape index (κ1) is 17.6. The number of benzene rings is 1. The fourth-order valence-corrected chi connectivity index (χ4v) is 2.92. The SMILES string of the molecule is Cc1nnc(S[C@@H](C)C(=O)Nc2cc(Cl)cc(Cl)c2)n(N)c1=O. The molecule has 0 saturated carbocycles. The van der Waals surface area contributed by atoms with E-state index < -0.39 is 10.8 Å².